The van der Waals surface area contributed by atoms with Gasteiger partial charge in [-0.2, -0.15) is 0 Å². The van der Waals surface area contributed by atoms with Crippen LogP contribution in [-0.4, -0.2) is 31.7 Å². The van der Waals surface area contributed by atoms with Crippen LogP contribution in [0, 0.1) is 0 Å². The number of hydrogen-bond donors (Lipinski definition) is 0. The van der Waals surface area contributed by atoms with Crippen LogP contribution < -0.4 is 24.0 Å². The summed E-state index contributed by atoms with van der Waals surface area (Å²) in [6.45, 7) is 9.37. The summed E-state index contributed by atoms with van der Waals surface area (Å²) in [4.78, 5) is 0. The number of nitrogens with zero attached hydrogens (tertiary/aromatic N) is 1. The first-order chi connectivity index (χ1) is 4.12. The smallest absolute Gasteiger partial charge is 0.235 e. The van der Waals surface area contributed by atoms with Crippen molar-refractivity contribution in [3.8, 4) is 0 Å². The highest BCUT2D eigenvalue weighted by Gasteiger charge is 2.07. The second-order valence-electron chi connectivity index (χ2n) is 2.88. The summed E-state index contributed by atoms with van der Waals surface area (Å²) in [6.07, 6.45) is 3.87. The van der Waals surface area contributed by atoms with E-state index in [-0.39, 0.29) is 24.0 Å². The van der Waals surface area contributed by atoms with Gasteiger partial charge in [-0.15, -0.1) is 0 Å². The molecule has 0 aromatic carbocycles. The van der Waals surface area contributed by atoms with E-state index in [4.69, 9.17) is 0 Å². The number of rotatable bonds is 4. The topological polar surface area (TPSA) is 0 Å². The maximum atomic E-state index is 3.68. The highest BCUT2D eigenvalue weighted by Crippen LogP contribution is 1.95. The summed E-state index contributed by atoms with van der Waals surface area (Å²) in [5, 5.41) is 0. The SMILES string of the molecule is C=CC[N+](C)(C)CC=C.[IH2+]. The lowest BCUT2D eigenvalue weighted by atomic mass is 10.4. The Hall–Kier alpha value is 0.170. The molecule has 0 rings (SSSR count). The van der Waals surface area contributed by atoms with Gasteiger partial charge in [0.05, 0.1) is 27.2 Å². The largest absolute Gasteiger partial charge is 0.322 e. The van der Waals surface area contributed by atoms with Gasteiger partial charge >= 0.3 is 0 Å². The molecule has 0 amide bonds. The average molecular weight is 255 g/mol. The molecule has 0 aliphatic heterocycles. The Morgan fingerprint density at radius 1 is 1.10 bits per heavy atom. The van der Waals surface area contributed by atoms with Gasteiger partial charge in [0.15, 0.2) is 0 Å². The van der Waals surface area contributed by atoms with Crippen molar-refractivity contribution in [2.45, 2.75) is 0 Å². The van der Waals surface area contributed by atoms with Gasteiger partial charge in [-0.3, -0.25) is 0 Å². The second-order valence-corrected chi connectivity index (χ2v) is 2.88. The number of halogens is 1. The Bertz CT molecular complexity index is 95.8. The zero-order chi connectivity index (χ0) is 7.33. The van der Waals surface area contributed by atoms with E-state index >= 15 is 0 Å². The molecule has 0 spiro atoms. The molecule has 0 aromatic heterocycles. The van der Waals surface area contributed by atoms with Crippen LogP contribution in [0.5, 0.6) is 0 Å². The third-order valence-corrected chi connectivity index (χ3v) is 1.25. The van der Waals surface area contributed by atoms with Crippen LogP contribution in [0.4, 0.5) is 0 Å². The molecule has 0 saturated carbocycles. The summed E-state index contributed by atoms with van der Waals surface area (Å²) < 4.78 is 0.951. The van der Waals surface area contributed by atoms with Crippen LogP contribution in [0.3, 0.4) is 0 Å². The van der Waals surface area contributed by atoms with E-state index in [0.717, 1.165) is 17.6 Å². The first-order valence-electron chi connectivity index (χ1n) is 3.16. The Kier molecular flexibility index (Phi) is 7.58. The highest BCUT2D eigenvalue weighted by atomic mass is 127. The quantitative estimate of drug-likeness (QED) is 0.307. The lowest BCUT2D eigenvalue weighted by molar-refractivity contribution is -0.878. The minimum Gasteiger partial charge on any atom is -0.322 e. The van der Waals surface area contributed by atoms with Crippen LogP contribution >= 0.6 is 0 Å². The number of likely N-dealkylation sites (N-methyl/N-ethyl adjacent to an activating group) is 1. The van der Waals surface area contributed by atoms with Crippen molar-refractivity contribution in [3.63, 3.8) is 0 Å². The van der Waals surface area contributed by atoms with Crippen LogP contribution in [0.1, 0.15) is 0 Å². The number of quaternary nitrogens is 1. The molecule has 2 heteroatoms. The van der Waals surface area contributed by atoms with Crippen molar-refractivity contribution in [1.82, 2.24) is 0 Å². The molecule has 0 saturated heterocycles. The average Bonchev–Trinajstić information content (AvgIpc) is 1.64. The highest BCUT2D eigenvalue weighted by molar-refractivity contribution is 4.69. The molecule has 0 atom stereocenters. The maximum absolute atomic E-state index is 3.68. The summed E-state index contributed by atoms with van der Waals surface area (Å²) in [7, 11) is 4.31. The van der Waals surface area contributed by atoms with Gasteiger partial charge in [0, 0.05) is 0 Å². The minimum atomic E-state index is 0. The normalized spacial score (nSPS) is 9.80. The first kappa shape index (κ1) is 12.8. The van der Waals surface area contributed by atoms with Gasteiger partial charge in [-0.1, -0.05) is 13.2 Å². The van der Waals surface area contributed by atoms with Crippen molar-refractivity contribution in [3.05, 3.63) is 25.3 Å². The predicted molar refractivity (Wildman–Crippen MR) is 45.0 cm³/mol. The van der Waals surface area contributed by atoms with E-state index in [1.54, 1.807) is 0 Å². The molecule has 10 heavy (non-hydrogen) atoms. The van der Waals surface area contributed by atoms with E-state index in [9.17, 15) is 0 Å². The lowest BCUT2D eigenvalue weighted by Gasteiger charge is -2.26. The zero-order valence-corrected chi connectivity index (χ0v) is 9.43. The second kappa shape index (κ2) is 5.92. The van der Waals surface area contributed by atoms with Gasteiger partial charge in [-0.25, -0.2) is 0 Å². The third-order valence-electron chi connectivity index (χ3n) is 1.25. The fourth-order valence-electron chi connectivity index (χ4n) is 0.774. The molecule has 0 radical (unpaired) electrons. The van der Waals surface area contributed by atoms with E-state index < -0.39 is 0 Å². The molecular weight excluding hydrogens is 237 g/mol. The molecule has 0 heterocycles. The van der Waals surface area contributed by atoms with E-state index in [1.807, 2.05) is 12.2 Å². The molecule has 0 aliphatic carbocycles. The standard InChI is InChI=1S/C8H16N.H2I/c1-5-7-9(3,4)8-6-2;/h5-6H,1-2,7-8H2,3-4H3;1H2/q2*+1. The van der Waals surface area contributed by atoms with Crippen molar-refractivity contribution in [1.29, 1.82) is 0 Å². The summed E-state index contributed by atoms with van der Waals surface area (Å²) in [6, 6.07) is 0. The fourth-order valence-corrected chi connectivity index (χ4v) is 0.774. The van der Waals surface area contributed by atoms with E-state index in [0.29, 0.717) is 0 Å². The Morgan fingerprint density at radius 3 is 1.60 bits per heavy atom. The van der Waals surface area contributed by atoms with Crippen LogP contribution in [0.2, 0.25) is 0 Å². The first-order valence-corrected chi connectivity index (χ1v) is 3.16. The Balaban J connectivity index is 0. The van der Waals surface area contributed by atoms with E-state index in [1.165, 1.54) is 0 Å². The van der Waals surface area contributed by atoms with Crippen molar-refractivity contribution < 1.29 is 28.5 Å². The Labute approximate surface area is 81.0 Å². The molecule has 0 aromatic rings. The van der Waals surface area contributed by atoms with Crippen molar-refractivity contribution in [2.75, 3.05) is 27.2 Å². The molecule has 0 aliphatic rings. The molecular formula is C8H18IN+2. The molecule has 0 N–H and O–H groups in total. The van der Waals surface area contributed by atoms with Crippen molar-refractivity contribution in [2.24, 2.45) is 0 Å². The monoisotopic (exact) mass is 255 g/mol. The van der Waals surface area contributed by atoms with Gasteiger partial charge in [0.25, 0.3) is 0 Å². The van der Waals surface area contributed by atoms with Gasteiger partial charge in [-0.05, 0) is 12.2 Å². The molecule has 1 nitrogen and oxygen atoms in total. The molecule has 60 valence electrons. The van der Waals surface area contributed by atoms with Gasteiger partial charge in [0.2, 0.25) is 24.0 Å². The van der Waals surface area contributed by atoms with Crippen LogP contribution in [0.15, 0.2) is 25.3 Å². The van der Waals surface area contributed by atoms with Gasteiger partial charge < -0.3 is 4.48 Å². The summed E-state index contributed by atoms with van der Waals surface area (Å²) in [5.41, 5.74) is 0. The number of hydrogen-bond acceptors (Lipinski definition) is 0. The molecule has 0 unspecified atom stereocenters. The summed E-state index contributed by atoms with van der Waals surface area (Å²) >= 11 is 0. The third kappa shape index (κ3) is 6.29. The lowest BCUT2D eigenvalue weighted by Crippen LogP contribution is -3.00. The fraction of sp³-hybridized carbons (Fsp3) is 0.500. The molecule has 0 fully saturated rings. The molecule has 0 bridgehead atoms. The maximum Gasteiger partial charge on any atom is 0.235 e. The minimum absolute atomic E-state index is 0. The van der Waals surface area contributed by atoms with Crippen LogP contribution in [0.25, 0.3) is 0 Å². The van der Waals surface area contributed by atoms with Crippen LogP contribution in [-0.2, 0) is 0 Å². The van der Waals surface area contributed by atoms with E-state index in [2.05, 4.69) is 27.3 Å². The predicted octanol–water partition coefficient (Wildman–Crippen LogP) is -2.10. The van der Waals surface area contributed by atoms with Crippen molar-refractivity contribution >= 4 is 0 Å². The van der Waals surface area contributed by atoms with Gasteiger partial charge in [0.1, 0.15) is 0 Å². The zero-order valence-electron chi connectivity index (χ0n) is 6.88. The summed E-state index contributed by atoms with van der Waals surface area (Å²) in [5.74, 6) is 0. The Morgan fingerprint density at radius 2 is 1.40 bits per heavy atom.